The lowest BCUT2D eigenvalue weighted by atomic mass is 10.1. The third-order valence-corrected chi connectivity index (χ3v) is 4.30. The summed E-state index contributed by atoms with van der Waals surface area (Å²) in [7, 11) is -3.22. The van der Waals surface area contributed by atoms with Crippen LogP contribution in [0, 0.1) is 0 Å². The van der Waals surface area contributed by atoms with Crippen molar-refractivity contribution in [2.75, 3.05) is 6.26 Å². The Labute approximate surface area is 129 Å². The highest BCUT2D eigenvalue weighted by molar-refractivity contribution is 7.88. The first-order valence-corrected chi connectivity index (χ1v) is 8.83. The molecule has 22 heavy (non-hydrogen) atoms. The number of nitrogens with one attached hydrogen (secondary N) is 1. The highest BCUT2D eigenvalue weighted by Gasteiger charge is 2.11. The van der Waals surface area contributed by atoms with Crippen molar-refractivity contribution in [1.29, 1.82) is 0 Å². The van der Waals surface area contributed by atoms with E-state index in [0.717, 1.165) is 28.7 Å². The quantitative estimate of drug-likeness (QED) is 0.805. The maximum atomic E-state index is 11.3. The second-order valence-electron chi connectivity index (χ2n) is 5.31. The van der Waals surface area contributed by atoms with E-state index in [1.807, 2.05) is 66.2 Å². The van der Waals surface area contributed by atoms with E-state index in [1.165, 1.54) is 0 Å². The Morgan fingerprint density at radius 2 is 1.86 bits per heavy atom. The monoisotopic (exact) mass is 315 g/mol. The molecule has 0 radical (unpaired) electrons. The lowest BCUT2D eigenvalue weighted by Gasteiger charge is -2.13. The molecule has 0 unspecified atom stereocenters. The number of pyridine rings is 1. The predicted molar refractivity (Wildman–Crippen MR) is 87.0 cm³/mol. The Morgan fingerprint density at radius 3 is 2.55 bits per heavy atom. The summed E-state index contributed by atoms with van der Waals surface area (Å²) in [6.45, 7) is 1.82. The molecule has 0 saturated carbocycles. The van der Waals surface area contributed by atoms with E-state index in [-0.39, 0.29) is 6.04 Å². The summed E-state index contributed by atoms with van der Waals surface area (Å²) in [6, 6.07) is 13.4. The van der Waals surface area contributed by atoms with Crippen molar-refractivity contribution in [3.05, 3.63) is 60.4 Å². The number of rotatable bonds is 4. The van der Waals surface area contributed by atoms with Gasteiger partial charge in [-0.3, -0.25) is 4.40 Å². The topological polar surface area (TPSA) is 63.5 Å². The normalized spacial score (nSPS) is 13.4. The largest absolute Gasteiger partial charge is 0.300 e. The van der Waals surface area contributed by atoms with Crippen molar-refractivity contribution in [2.24, 2.45) is 0 Å². The molecule has 0 aliphatic rings. The molecular formula is C16H17N3O2S. The SMILES string of the molecule is C[C@H](NS(C)(=O)=O)c1ccc(-c2cnc3ccccn23)cc1. The molecule has 5 nitrogen and oxygen atoms in total. The van der Waals surface area contributed by atoms with Crippen LogP contribution in [-0.2, 0) is 10.0 Å². The number of aromatic nitrogens is 2. The third-order valence-electron chi connectivity index (χ3n) is 3.51. The molecule has 2 heterocycles. The van der Waals surface area contributed by atoms with Gasteiger partial charge in [0.1, 0.15) is 5.65 Å². The zero-order chi connectivity index (χ0) is 15.7. The Hall–Kier alpha value is -2.18. The van der Waals surface area contributed by atoms with E-state index < -0.39 is 10.0 Å². The molecule has 2 aromatic heterocycles. The van der Waals surface area contributed by atoms with Gasteiger partial charge in [0, 0.05) is 17.8 Å². The van der Waals surface area contributed by atoms with E-state index >= 15 is 0 Å². The first kappa shape index (κ1) is 14.7. The summed E-state index contributed by atoms with van der Waals surface area (Å²) in [6.07, 6.45) is 4.97. The molecule has 0 aliphatic heterocycles. The summed E-state index contributed by atoms with van der Waals surface area (Å²) in [4.78, 5) is 4.37. The van der Waals surface area contributed by atoms with Gasteiger partial charge in [-0.1, -0.05) is 30.3 Å². The number of hydrogen-bond acceptors (Lipinski definition) is 3. The fraction of sp³-hybridized carbons (Fsp3) is 0.188. The van der Waals surface area contributed by atoms with Gasteiger partial charge in [0.2, 0.25) is 10.0 Å². The van der Waals surface area contributed by atoms with Gasteiger partial charge >= 0.3 is 0 Å². The van der Waals surface area contributed by atoms with E-state index in [2.05, 4.69) is 9.71 Å². The molecule has 0 fully saturated rings. The minimum Gasteiger partial charge on any atom is -0.300 e. The molecule has 0 amide bonds. The molecule has 0 saturated heterocycles. The van der Waals surface area contributed by atoms with Gasteiger partial charge in [-0.2, -0.15) is 0 Å². The van der Waals surface area contributed by atoms with Crippen LogP contribution >= 0.6 is 0 Å². The van der Waals surface area contributed by atoms with Crippen LogP contribution in [0.3, 0.4) is 0 Å². The van der Waals surface area contributed by atoms with Crippen LogP contribution < -0.4 is 4.72 Å². The van der Waals surface area contributed by atoms with Crippen LogP contribution in [0.5, 0.6) is 0 Å². The van der Waals surface area contributed by atoms with Crippen molar-refractivity contribution < 1.29 is 8.42 Å². The van der Waals surface area contributed by atoms with Crippen molar-refractivity contribution >= 4 is 15.7 Å². The van der Waals surface area contributed by atoms with Gasteiger partial charge in [0.15, 0.2) is 0 Å². The number of imidazole rings is 1. The Kier molecular flexibility index (Phi) is 3.72. The lowest BCUT2D eigenvalue weighted by molar-refractivity contribution is 0.573. The van der Waals surface area contributed by atoms with Gasteiger partial charge < -0.3 is 0 Å². The highest BCUT2D eigenvalue weighted by Crippen LogP contribution is 2.23. The minimum absolute atomic E-state index is 0.258. The molecule has 1 aromatic carbocycles. The minimum atomic E-state index is -3.22. The summed E-state index contributed by atoms with van der Waals surface area (Å²) >= 11 is 0. The van der Waals surface area contributed by atoms with Crippen molar-refractivity contribution in [2.45, 2.75) is 13.0 Å². The van der Waals surface area contributed by atoms with Gasteiger partial charge in [-0.05, 0) is 24.6 Å². The van der Waals surface area contributed by atoms with Gasteiger partial charge in [0.25, 0.3) is 0 Å². The van der Waals surface area contributed by atoms with Crippen molar-refractivity contribution in [1.82, 2.24) is 14.1 Å². The molecule has 1 N–H and O–H groups in total. The smallest absolute Gasteiger partial charge is 0.209 e. The number of fused-ring (bicyclic) bond motifs is 1. The molecule has 3 aromatic rings. The Balaban J connectivity index is 1.91. The summed E-state index contributed by atoms with van der Waals surface area (Å²) < 4.78 is 27.2. The second kappa shape index (κ2) is 5.55. The number of sulfonamides is 1. The molecule has 114 valence electrons. The maximum Gasteiger partial charge on any atom is 0.209 e. The first-order valence-electron chi connectivity index (χ1n) is 6.94. The molecule has 6 heteroatoms. The van der Waals surface area contributed by atoms with Crippen molar-refractivity contribution in [3.63, 3.8) is 0 Å². The van der Waals surface area contributed by atoms with E-state index in [1.54, 1.807) is 0 Å². The molecule has 0 spiro atoms. The number of benzene rings is 1. The van der Waals surface area contributed by atoms with Crippen LogP contribution in [0.2, 0.25) is 0 Å². The molecule has 3 rings (SSSR count). The maximum absolute atomic E-state index is 11.3. The summed E-state index contributed by atoms with van der Waals surface area (Å²) in [5.74, 6) is 0. The van der Waals surface area contributed by atoms with E-state index in [9.17, 15) is 8.42 Å². The Morgan fingerprint density at radius 1 is 1.14 bits per heavy atom. The zero-order valence-electron chi connectivity index (χ0n) is 12.4. The van der Waals surface area contributed by atoms with Crippen molar-refractivity contribution in [3.8, 4) is 11.3 Å². The van der Waals surface area contributed by atoms with E-state index in [4.69, 9.17) is 0 Å². The second-order valence-corrected chi connectivity index (χ2v) is 7.09. The zero-order valence-corrected chi connectivity index (χ0v) is 13.2. The number of hydrogen-bond donors (Lipinski definition) is 1. The average Bonchev–Trinajstić information content (AvgIpc) is 2.89. The van der Waals surface area contributed by atoms with Gasteiger partial charge in [-0.15, -0.1) is 0 Å². The number of nitrogens with zero attached hydrogens (tertiary/aromatic N) is 2. The van der Waals surface area contributed by atoms with Crippen LogP contribution in [0.1, 0.15) is 18.5 Å². The van der Waals surface area contributed by atoms with Crippen LogP contribution in [0.15, 0.2) is 54.9 Å². The summed E-state index contributed by atoms with van der Waals surface area (Å²) in [5.41, 5.74) is 3.86. The molecule has 0 bridgehead atoms. The van der Waals surface area contributed by atoms with Crippen LogP contribution in [0.4, 0.5) is 0 Å². The third kappa shape index (κ3) is 3.03. The Bertz CT molecular complexity index is 899. The highest BCUT2D eigenvalue weighted by atomic mass is 32.2. The van der Waals surface area contributed by atoms with Gasteiger partial charge in [0.05, 0.1) is 18.1 Å². The standard InChI is InChI=1S/C16H17N3O2S/c1-12(18-22(2,20)21)13-6-8-14(9-7-13)15-11-17-16-5-3-4-10-19(15)16/h3-12,18H,1-2H3/t12-/m0/s1. The summed E-state index contributed by atoms with van der Waals surface area (Å²) in [5, 5.41) is 0. The molecule has 1 atom stereocenters. The van der Waals surface area contributed by atoms with Crippen LogP contribution in [-0.4, -0.2) is 24.1 Å². The fourth-order valence-corrected chi connectivity index (χ4v) is 3.26. The first-order chi connectivity index (χ1) is 10.4. The molecular weight excluding hydrogens is 298 g/mol. The predicted octanol–water partition coefficient (Wildman–Crippen LogP) is 2.61. The van der Waals surface area contributed by atoms with Crippen LogP contribution in [0.25, 0.3) is 16.9 Å². The lowest BCUT2D eigenvalue weighted by Crippen LogP contribution is -2.25. The fourth-order valence-electron chi connectivity index (χ4n) is 2.48. The van der Waals surface area contributed by atoms with E-state index in [0.29, 0.717) is 0 Å². The van der Waals surface area contributed by atoms with Gasteiger partial charge in [-0.25, -0.2) is 18.1 Å². The average molecular weight is 315 g/mol. The molecule has 0 aliphatic carbocycles.